The van der Waals surface area contributed by atoms with Crippen LogP contribution in [0.25, 0.3) is 0 Å². The Morgan fingerprint density at radius 1 is 1.35 bits per heavy atom. The van der Waals surface area contributed by atoms with Gasteiger partial charge < -0.3 is 10.4 Å². The SMILES string of the molecule is Cc1cc(F)c(CC2(O)CCCNC2)cc1F. The molecule has 1 aliphatic rings. The number of hydrogen-bond donors (Lipinski definition) is 2. The summed E-state index contributed by atoms with van der Waals surface area (Å²) in [5.74, 6) is -0.864. The van der Waals surface area contributed by atoms with Crippen molar-refractivity contribution in [3.05, 3.63) is 34.9 Å². The fraction of sp³-hybridized carbons (Fsp3) is 0.538. The normalized spacial score (nSPS) is 24.9. The molecule has 1 atom stereocenters. The smallest absolute Gasteiger partial charge is 0.126 e. The first kappa shape index (κ1) is 12.5. The van der Waals surface area contributed by atoms with E-state index in [1.165, 1.54) is 19.1 Å². The molecule has 0 amide bonds. The van der Waals surface area contributed by atoms with Crippen LogP contribution in [0, 0.1) is 18.6 Å². The number of aryl methyl sites for hydroxylation is 1. The van der Waals surface area contributed by atoms with Crippen molar-refractivity contribution in [3.63, 3.8) is 0 Å². The molecule has 0 spiro atoms. The predicted molar refractivity (Wildman–Crippen MR) is 61.9 cm³/mol. The van der Waals surface area contributed by atoms with Crippen LogP contribution in [0.1, 0.15) is 24.0 Å². The lowest BCUT2D eigenvalue weighted by atomic mass is 9.87. The molecule has 1 aromatic carbocycles. The Morgan fingerprint density at radius 2 is 2.12 bits per heavy atom. The molecule has 1 saturated heterocycles. The molecule has 0 aliphatic carbocycles. The summed E-state index contributed by atoms with van der Waals surface area (Å²) in [6.07, 6.45) is 1.63. The lowest BCUT2D eigenvalue weighted by molar-refractivity contribution is 0.0162. The minimum Gasteiger partial charge on any atom is -0.388 e. The van der Waals surface area contributed by atoms with E-state index in [1.54, 1.807) is 0 Å². The van der Waals surface area contributed by atoms with Gasteiger partial charge in [0, 0.05) is 13.0 Å². The quantitative estimate of drug-likeness (QED) is 0.829. The van der Waals surface area contributed by atoms with Crippen molar-refractivity contribution in [2.75, 3.05) is 13.1 Å². The highest BCUT2D eigenvalue weighted by molar-refractivity contribution is 5.26. The summed E-state index contributed by atoms with van der Waals surface area (Å²) in [6, 6.07) is 2.38. The van der Waals surface area contributed by atoms with E-state index in [0.717, 1.165) is 13.0 Å². The summed E-state index contributed by atoms with van der Waals surface area (Å²) in [7, 11) is 0. The summed E-state index contributed by atoms with van der Waals surface area (Å²) in [5, 5.41) is 13.3. The fourth-order valence-corrected chi connectivity index (χ4v) is 2.28. The van der Waals surface area contributed by atoms with Gasteiger partial charge in [-0.2, -0.15) is 0 Å². The molecule has 17 heavy (non-hydrogen) atoms. The second kappa shape index (κ2) is 4.70. The molecular weight excluding hydrogens is 224 g/mol. The lowest BCUT2D eigenvalue weighted by Crippen LogP contribution is -2.47. The maximum atomic E-state index is 13.7. The predicted octanol–water partition coefficient (Wildman–Crippen LogP) is 1.93. The zero-order valence-electron chi connectivity index (χ0n) is 9.89. The topological polar surface area (TPSA) is 32.3 Å². The van der Waals surface area contributed by atoms with Crippen LogP contribution < -0.4 is 5.32 Å². The maximum Gasteiger partial charge on any atom is 0.126 e. The van der Waals surface area contributed by atoms with E-state index in [9.17, 15) is 13.9 Å². The van der Waals surface area contributed by atoms with E-state index < -0.39 is 17.2 Å². The van der Waals surface area contributed by atoms with Crippen molar-refractivity contribution < 1.29 is 13.9 Å². The first-order chi connectivity index (χ1) is 8.00. The molecule has 4 heteroatoms. The first-order valence-electron chi connectivity index (χ1n) is 5.88. The number of β-amino-alcohol motifs (C(OH)–C–C–N with tert-alkyl or cyclic N) is 1. The number of rotatable bonds is 2. The van der Waals surface area contributed by atoms with Gasteiger partial charge in [-0.1, -0.05) is 0 Å². The van der Waals surface area contributed by atoms with Crippen LogP contribution in [0.15, 0.2) is 12.1 Å². The lowest BCUT2D eigenvalue weighted by Gasteiger charge is -2.32. The van der Waals surface area contributed by atoms with Crippen molar-refractivity contribution in [1.29, 1.82) is 0 Å². The van der Waals surface area contributed by atoms with E-state index in [1.807, 2.05) is 0 Å². The molecule has 0 aromatic heterocycles. The third-order valence-corrected chi connectivity index (χ3v) is 3.30. The first-order valence-corrected chi connectivity index (χ1v) is 5.88. The van der Waals surface area contributed by atoms with Gasteiger partial charge in [-0.15, -0.1) is 0 Å². The fourth-order valence-electron chi connectivity index (χ4n) is 2.28. The van der Waals surface area contributed by atoms with E-state index in [2.05, 4.69) is 5.32 Å². The Morgan fingerprint density at radius 3 is 2.76 bits per heavy atom. The Kier molecular flexibility index (Phi) is 3.45. The van der Waals surface area contributed by atoms with Gasteiger partial charge in [0.05, 0.1) is 5.60 Å². The van der Waals surface area contributed by atoms with Gasteiger partial charge in [0.1, 0.15) is 11.6 Å². The Bertz CT molecular complexity index is 414. The van der Waals surface area contributed by atoms with Crippen LogP contribution in [-0.2, 0) is 6.42 Å². The summed E-state index contributed by atoms with van der Waals surface area (Å²) < 4.78 is 27.0. The molecule has 1 unspecified atom stereocenters. The molecule has 0 bridgehead atoms. The molecule has 0 saturated carbocycles. The summed E-state index contributed by atoms with van der Waals surface area (Å²) >= 11 is 0. The zero-order valence-corrected chi connectivity index (χ0v) is 9.89. The van der Waals surface area contributed by atoms with E-state index in [-0.39, 0.29) is 12.0 Å². The summed E-state index contributed by atoms with van der Waals surface area (Å²) in [5.41, 5.74) is -0.417. The molecule has 1 aromatic rings. The minimum atomic E-state index is -0.958. The zero-order chi connectivity index (χ0) is 12.5. The van der Waals surface area contributed by atoms with Gasteiger partial charge in [0.15, 0.2) is 0 Å². The number of halogens is 2. The van der Waals surface area contributed by atoms with E-state index in [4.69, 9.17) is 0 Å². The number of nitrogens with one attached hydrogen (secondary N) is 1. The largest absolute Gasteiger partial charge is 0.388 e. The molecule has 1 fully saturated rings. The van der Waals surface area contributed by atoms with Crippen LogP contribution in [0.3, 0.4) is 0 Å². The Labute approximate surface area is 99.7 Å². The van der Waals surface area contributed by atoms with E-state index in [0.29, 0.717) is 18.5 Å². The third-order valence-electron chi connectivity index (χ3n) is 3.30. The van der Waals surface area contributed by atoms with Gasteiger partial charge in [-0.3, -0.25) is 0 Å². The monoisotopic (exact) mass is 241 g/mol. The summed E-state index contributed by atoms with van der Waals surface area (Å²) in [4.78, 5) is 0. The molecule has 2 nitrogen and oxygen atoms in total. The van der Waals surface area contributed by atoms with E-state index >= 15 is 0 Å². The molecule has 2 rings (SSSR count). The molecule has 1 aliphatic heterocycles. The third kappa shape index (κ3) is 2.82. The second-order valence-corrected chi connectivity index (χ2v) is 4.87. The van der Waals surface area contributed by atoms with Crippen molar-refractivity contribution in [2.24, 2.45) is 0 Å². The Balaban J connectivity index is 2.20. The van der Waals surface area contributed by atoms with Gasteiger partial charge >= 0.3 is 0 Å². The van der Waals surface area contributed by atoms with Gasteiger partial charge in [0.2, 0.25) is 0 Å². The van der Waals surface area contributed by atoms with Crippen molar-refractivity contribution in [2.45, 2.75) is 31.8 Å². The molecule has 2 N–H and O–H groups in total. The van der Waals surface area contributed by atoms with Crippen molar-refractivity contribution >= 4 is 0 Å². The molecule has 0 radical (unpaired) electrons. The number of hydrogen-bond acceptors (Lipinski definition) is 2. The highest BCUT2D eigenvalue weighted by Gasteiger charge is 2.30. The standard InChI is InChI=1S/C13H17F2NO/c1-9-5-12(15)10(6-11(9)14)7-13(17)3-2-4-16-8-13/h5-6,16-17H,2-4,7-8H2,1H3. The van der Waals surface area contributed by atoms with Crippen molar-refractivity contribution in [1.82, 2.24) is 5.32 Å². The summed E-state index contributed by atoms with van der Waals surface area (Å²) in [6.45, 7) is 2.83. The molecule has 94 valence electrons. The molecular formula is C13H17F2NO. The average molecular weight is 241 g/mol. The van der Waals surface area contributed by atoms with Gasteiger partial charge in [-0.05, 0) is 49.6 Å². The highest BCUT2D eigenvalue weighted by Crippen LogP contribution is 2.24. The van der Waals surface area contributed by atoms with Crippen molar-refractivity contribution in [3.8, 4) is 0 Å². The average Bonchev–Trinajstić information content (AvgIpc) is 2.26. The maximum absolute atomic E-state index is 13.7. The van der Waals surface area contributed by atoms with Crippen LogP contribution in [0.2, 0.25) is 0 Å². The molecule has 1 heterocycles. The number of benzene rings is 1. The van der Waals surface area contributed by atoms with Crippen LogP contribution in [-0.4, -0.2) is 23.8 Å². The number of piperidine rings is 1. The van der Waals surface area contributed by atoms with Crippen LogP contribution >= 0.6 is 0 Å². The number of aliphatic hydroxyl groups is 1. The van der Waals surface area contributed by atoms with Gasteiger partial charge in [-0.25, -0.2) is 8.78 Å². The van der Waals surface area contributed by atoms with Gasteiger partial charge in [0.25, 0.3) is 0 Å². The highest BCUT2D eigenvalue weighted by atomic mass is 19.1. The minimum absolute atomic E-state index is 0.156. The second-order valence-electron chi connectivity index (χ2n) is 4.87. The van der Waals surface area contributed by atoms with Crippen LogP contribution in [0.5, 0.6) is 0 Å². The Hall–Kier alpha value is -1.00. The van der Waals surface area contributed by atoms with Crippen LogP contribution in [0.4, 0.5) is 8.78 Å².